The number of aliphatic hydroxyl groups is 1. The molecule has 3 rings (SSSR count). The van der Waals surface area contributed by atoms with Crippen LogP contribution in [-0.2, 0) is 17.8 Å². The molecule has 0 aliphatic carbocycles. The Balaban J connectivity index is 1.81. The first-order valence-corrected chi connectivity index (χ1v) is 11.1. The number of hydrogen-bond donors (Lipinski definition) is 2. The molecule has 0 spiro atoms. The highest BCUT2D eigenvalue weighted by molar-refractivity contribution is 5.85. The number of aliphatic hydroxyl groups excluding tert-OH is 1. The van der Waals surface area contributed by atoms with E-state index in [0.717, 1.165) is 24.8 Å². The van der Waals surface area contributed by atoms with Crippen LogP contribution < -0.4 is 5.32 Å². The summed E-state index contributed by atoms with van der Waals surface area (Å²) in [6.07, 6.45) is 1.80. The molecule has 1 heterocycles. The van der Waals surface area contributed by atoms with Crippen molar-refractivity contribution in [2.75, 3.05) is 0 Å². The summed E-state index contributed by atoms with van der Waals surface area (Å²) in [6, 6.07) is 19.8. The zero-order valence-corrected chi connectivity index (χ0v) is 18.7. The molecular formula is C26H36N2O2. The maximum absolute atomic E-state index is 13.4. The fourth-order valence-electron chi connectivity index (χ4n) is 4.47. The molecule has 1 aliphatic heterocycles. The lowest BCUT2D eigenvalue weighted by molar-refractivity contribution is -0.134. The molecule has 4 nitrogen and oxygen atoms in total. The topological polar surface area (TPSA) is 52.6 Å². The minimum absolute atomic E-state index is 0.00659. The summed E-state index contributed by atoms with van der Waals surface area (Å²) in [5, 5.41) is 14.9. The van der Waals surface area contributed by atoms with Crippen LogP contribution in [0.2, 0.25) is 0 Å². The molecule has 1 fully saturated rings. The van der Waals surface area contributed by atoms with Gasteiger partial charge in [-0.25, -0.2) is 0 Å². The van der Waals surface area contributed by atoms with Crippen LogP contribution in [-0.4, -0.2) is 34.2 Å². The Morgan fingerprint density at radius 2 is 1.57 bits per heavy atom. The number of benzene rings is 2. The summed E-state index contributed by atoms with van der Waals surface area (Å²) < 4.78 is 0. The number of amides is 1. The van der Waals surface area contributed by atoms with E-state index in [-0.39, 0.29) is 23.4 Å². The molecule has 0 bridgehead atoms. The van der Waals surface area contributed by atoms with Crippen molar-refractivity contribution in [2.45, 2.75) is 71.8 Å². The van der Waals surface area contributed by atoms with E-state index in [1.165, 1.54) is 5.56 Å². The monoisotopic (exact) mass is 408 g/mol. The van der Waals surface area contributed by atoms with Crippen LogP contribution in [0.15, 0.2) is 60.7 Å². The summed E-state index contributed by atoms with van der Waals surface area (Å²) in [5.74, 6) is -0.0348. The normalized spacial score (nSPS) is 21.6. The van der Waals surface area contributed by atoms with Crippen LogP contribution in [0, 0.1) is 11.3 Å². The largest absolute Gasteiger partial charge is 0.391 e. The van der Waals surface area contributed by atoms with Crippen LogP contribution >= 0.6 is 0 Å². The smallest absolute Gasteiger partial charge is 0.244 e. The molecule has 2 N–H and O–H groups in total. The number of hydrogen-bond acceptors (Lipinski definition) is 3. The van der Waals surface area contributed by atoms with E-state index in [9.17, 15) is 9.90 Å². The predicted octanol–water partition coefficient (Wildman–Crippen LogP) is 4.38. The predicted molar refractivity (Wildman–Crippen MR) is 122 cm³/mol. The average molecular weight is 409 g/mol. The molecule has 4 atom stereocenters. The molecule has 0 saturated carbocycles. The second-order valence-electron chi connectivity index (χ2n) is 9.55. The molecule has 0 radical (unpaired) electrons. The van der Waals surface area contributed by atoms with Crippen LogP contribution in [0.25, 0.3) is 0 Å². The molecule has 0 aromatic heterocycles. The van der Waals surface area contributed by atoms with E-state index in [0.29, 0.717) is 6.54 Å². The summed E-state index contributed by atoms with van der Waals surface area (Å²) in [6.45, 7) is 9.14. The second kappa shape index (κ2) is 9.76. The van der Waals surface area contributed by atoms with Crippen molar-refractivity contribution in [3.05, 3.63) is 71.8 Å². The van der Waals surface area contributed by atoms with Crippen LogP contribution in [0.3, 0.4) is 0 Å². The second-order valence-corrected chi connectivity index (χ2v) is 9.55. The molecule has 4 heteroatoms. The molecule has 1 amide bonds. The van der Waals surface area contributed by atoms with Crippen molar-refractivity contribution >= 4 is 5.91 Å². The standard InChI is InChI=1S/C26H36N2O2/c1-5-12-22-27-23(25(30)28(22)18-20-15-10-7-11-16-20)24(29)21(26(2,3)4)17-19-13-8-6-9-14-19/h6-11,13-16,21-24,27,29H,5,12,17-18H2,1-4H3/t21?,22?,23-,24+/m0/s1. The summed E-state index contributed by atoms with van der Waals surface area (Å²) in [4.78, 5) is 15.3. The van der Waals surface area contributed by atoms with E-state index in [1.54, 1.807) is 0 Å². The Morgan fingerprint density at radius 1 is 1.00 bits per heavy atom. The van der Waals surface area contributed by atoms with E-state index in [2.05, 4.69) is 45.1 Å². The van der Waals surface area contributed by atoms with Gasteiger partial charge in [-0.15, -0.1) is 0 Å². The summed E-state index contributed by atoms with van der Waals surface area (Å²) >= 11 is 0. The first-order valence-electron chi connectivity index (χ1n) is 11.1. The lowest BCUT2D eigenvalue weighted by Gasteiger charge is -2.36. The molecule has 2 aromatic rings. The third-order valence-electron chi connectivity index (χ3n) is 6.22. The Kier molecular flexibility index (Phi) is 7.32. The minimum Gasteiger partial charge on any atom is -0.391 e. The lowest BCUT2D eigenvalue weighted by Crippen LogP contribution is -2.49. The van der Waals surface area contributed by atoms with E-state index in [4.69, 9.17) is 0 Å². The van der Waals surface area contributed by atoms with Gasteiger partial charge in [0.15, 0.2) is 0 Å². The molecular weight excluding hydrogens is 372 g/mol. The third kappa shape index (κ3) is 5.30. The summed E-state index contributed by atoms with van der Waals surface area (Å²) in [5.41, 5.74) is 2.17. The fourth-order valence-corrected chi connectivity index (χ4v) is 4.47. The molecule has 2 unspecified atom stereocenters. The van der Waals surface area contributed by atoms with Gasteiger partial charge in [-0.1, -0.05) is 94.8 Å². The van der Waals surface area contributed by atoms with E-state index >= 15 is 0 Å². The average Bonchev–Trinajstić information content (AvgIpc) is 3.02. The van der Waals surface area contributed by atoms with Gasteiger partial charge in [0.25, 0.3) is 0 Å². The highest BCUT2D eigenvalue weighted by Gasteiger charge is 2.46. The Hall–Kier alpha value is -2.17. The SMILES string of the molecule is CCCC1N[C@@H]([C@H](O)C(Cc2ccccc2)C(C)(C)C)C(=O)N1Cc1ccccc1. The van der Waals surface area contributed by atoms with Gasteiger partial charge < -0.3 is 10.0 Å². The number of rotatable bonds is 8. The van der Waals surface area contributed by atoms with E-state index < -0.39 is 12.1 Å². The Labute approximate surface area is 181 Å². The quantitative estimate of drug-likeness (QED) is 0.682. The van der Waals surface area contributed by atoms with Crippen molar-refractivity contribution in [1.29, 1.82) is 0 Å². The van der Waals surface area contributed by atoms with Crippen molar-refractivity contribution < 1.29 is 9.90 Å². The van der Waals surface area contributed by atoms with Gasteiger partial charge in [0, 0.05) is 6.54 Å². The van der Waals surface area contributed by atoms with E-state index in [1.807, 2.05) is 53.4 Å². The lowest BCUT2D eigenvalue weighted by atomic mass is 9.72. The van der Waals surface area contributed by atoms with Crippen molar-refractivity contribution in [3.63, 3.8) is 0 Å². The van der Waals surface area contributed by atoms with Gasteiger partial charge in [-0.05, 0) is 35.3 Å². The van der Waals surface area contributed by atoms with Gasteiger partial charge in [0.2, 0.25) is 5.91 Å². The number of carbonyl (C=O) groups excluding carboxylic acids is 1. The van der Waals surface area contributed by atoms with Crippen LogP contribution in [0.4, 0.5) is 0 Å². The van der Waals surface area contributed by atoms with Crippen molar-refractivity contribution in [3.8, 4) is 0 Å². The van der Waals surface area contributed by atoms with Gasteiger partial charge in [0.1, 0.15) is 6.04 Å². The third-order valence-corrected chi connectivity index (χ3v) is 6.22. The van der Waals surface area contributed by atoms with Gasteiger partial charge in [0.05, 0.1) is 12.3 Å². The Bertz CT molecular complexity index is 801. The highest BCUT2D eigenvalue weighted by Crippen LogP contribution is 2.35. The number of carbonyl (C=O) groups is 1. The maximum Gasteiger partial charge on any atom is 0.244 e. The molecule has 1 saturated heterocycles. The molecule has 30 heavy (non-hydrogen) atoms. The number of nitrogens with zero attached hydrogens (tertiary/aromatic N) is 1. The first kappa shape index (κ1) is 22.5. The highest BCUT2D eigenvalue weighted by atomic mass is 16.3. The number of nitrogens with one attached hydrogen (secondary N) is 1. The molecule has 1 aliphatic rings. The van der Waals surface area contributed by atoms with Crippen molar-refractivity contribution in [1.82, 2.24) is 10.2 Å². The zero-order valence-electron chi connectivity index (χ0n) is 18.7. The van der Waals surface area contributed by atoms with Crippen molar-refractivity contribution in [2.24, 2.45) is 11.3 Å². The minimum atomic E-state index is -0.752. The summed E-state index contributed by atoms with van der Waals surface area (Å²) in [7, 11) is 0. The van der Waals surface area contributed by atoms with Crippen LogP contribution in [0.5, 0.6) is 0 Å². The Morgan fingerprint density at radius 3 is 2.10 bits per heavy atom. The molecule has 162 valence electrons. The van der Waals surface area contributed by atoms with Gasteiger partial charge in [-0.2, -0.15) is 0 Å². The van der Waals surface area contributed by atoms with Gasteiger partial charge >= 0.3 is 0 Å². The van der Waals surface area contributed by atoms with Crippen LogP contribution in [0.1, 0.15) is 51.7 Å². The first-order chi connectivity index (χ1) is 14.3. The fraction of sp³-hybridized carbons (Fsp3) is 0.500. The zero-order chi connectivity index (χ0) is 21.7. The maximum atomic E-state index is 13.4. The molecule has 2 aromatic carbocycles. The van der Waals surface area contributed by atoms with Gasteiger partial charge in [-0.3, -0.25) is 10.1 Å².